The summed E-state index contributed by atoms with van der Waals surface area (Å²) < 4.78 is 33.4. The van der Waals surface area contributed by atoms with Crippen LogP contribution >= 0.6 is 12.4 Å². The van der Waals surface area contributed by atoms with Gasteiger partial charge in [-0.1, -0.05) is 6.07 Å². The van der Waals surface area contributed by atoms with Crippen molar-refractivity contribution in [3.8, 4) is 0 Å². The van der Waals surface area contributed by atoms with E-state index in [1.165, 1.54) is 31.8 Å². The number of aromatic amines is 1. The topological polar surface area (TPSA) is 143 Å². The summed E-state index contributed by atoms with van der Waals surface area (Å²) in [6.45, 7) is 3.00. The number of aromatic nitrogens is 1. The molecule has 1 aromatic heterocycles. The number of urea groups is 1. The summed E-state index contributed by atoms with van der Waals surface area (Å²) in [4.78, 5) is 33.5. The van der Waals surface area contributed by atoms with E-state index in [2.05, 4.69) is 22.0 Å². The lowest BCUT2D eigenvalue weighted by Gasteiger charge is -2.36. The highest BCUT2D eigenvalue weighted by molar-refractivity contribution is 7.88. The minimum Gasteiger partial charge on any atom is -0.368 e. The van der Waals surface area contributed by atoms with Gasteiger partial charge in [0.05, 0.1) is 5.69 Å². The van der Waals surface area contributed by atoms with E-state index < -0.39 is 16.3 Å². The third kappa shape index (κ3) is 7.01. The summed E-state index contributed by atoms with van der Waals surface area (Å²) in [6, 6.07) is 11.7. The monoisotopic (exact) mass is 578 g/mol. The van der Waals surface area contributed by atoms with Gasteiger partial charge in [0.1, 0.15) is 0 Å². The van der Waals surface area contributed by atoms with Crippen LogP contribution in [0.2, 0.25) is 0 Å². The second-order valence-electron chi connectivity index (χ2n) is 9.54. The van der Waals surface area contributed by atoms with Gasteiger partial charge >= 0.3 is 16.3 Å². The first-order valence-electron chi connectivity index (χ1n) is 12.5. The van der Waals surface area contributed by atoms with Gasteiger partial charge in [0.25, 0.3) is 0 Å². The first kappa shape index (κ1) is 30.2. The Morgan fingerprint density at radius 3 is 2.28 bits per heavy atom. The van der Waals surface area contributed by atoms with Gasteiger partial charge in [0.15, 0.2) is 0 Å². The maximum atomic E-state index is 12.9. The molecule has 2 aromatic carbocycles. The van der Waals surface area contributed by atoms with Crippen LogP contribution in [0.15, 0.2) is 48.7 Å². The molecule has 13 heteroatoms. The number of nitrogens with two attached hydrogens (primary N) is 1. The Kier molecular flexibility index (Phi) is 9.83. The summed E-state index contributed by atoms with van der Waals surface area (Å²) in [5, 5.41) is 1.16. The lowest BCUT2D eigenvalue weighted by molar-refractivity contribution is -0.131. The van der Waals surface area contributed by atoms with Crippen LogP contribution in [0.25, 0.3) is 10.9 Å². The van der Waals surface area contributed by atoms with E-state index in [1.807, 2.05) is 17.2 Å². The number of aryl methyl sites for hydroxylation is 1. The summed E-state index contributed by atoms with van der Waals surface area (Å²) >= 11 is 0. The van der Waals surface area contributed by atoms with Crippen molar-refractivity contribution in [3.63, 3.8) is 0 Å². The van der Waals surface area contributed by atoms with Gasteiger partial charge in [-0.15, -0.1) is 12.4 Å². The second kappa shape index (κ2) is 12.7. The number of nitrogens with one attached hydrogen (secondary N) is 1. The number of H-pyrrole nitrogens is 1. The molecule has 3 amide bonds. The molecule has 0 spiro atoms. The molecule has 4 N–H and O–H groups in total. The molecule has 0 saturated carbocycles. The molecule has 0 unspecified atom stereocenters. The number of piperazine rings is 1. The van der Waals surface area contributed by atoms with Crippen molar-refractivity contribution < 1.29 is 22.6 Å². The van der Waals surface area contributed by atoms with E-state index in [9.17, 15) is 22.6 Å². The van der Waals surface area contributed by atoms with Crippen LogP contribution in [0.4, 0.5) is 16.2 Å². The van der Waals surface area contributed by atoms with Crippen molar-refractivity contribution in [2.24, 2.45) is 5.73 Å². The molecular weight excluding hydrogens is 544 g/mol. The van der Waals surface area contributed by atoms with Crippen LogP contribution in [0.5, 0.6) is 0 Å². The summed E-state index contributed by atoms with van der Waals surface area (Å²) in [5.41, 5.74) is 9.97. The second-order valence-corrected chi connectivity index (χ2v) is 10.8. The highest BCUT2D eigenvalue weighted by atomic mass is 35.5. The number of nitrogens with zero attached hydrogens (tertiary/aromatic N) is 4. The molecule has 0 atom stereocenters. The molecule has 1 fully saturated rings. The van der Waals surface area contributed by atoms with Crippen LogP contribution < -0.4 is 14.9 Å². The molecule has 3 aromatic rings. The number of fused-ring (bicyclic) bond motifs is 1. The predicted molar refractivity (Wildman–Crippen MR) is 155 cm³/mol. The zero-order chi connectivity index (χ0) is 27.4. The van der Waals surface area contributed by atoms with Gasteiger partial charge in [-0.25, -0.2) is 4.79 Å². The Morgan fingerprint density at radius 1 is 1.03 bits per heavy atom. The van der Waals surface area contributed by atoms with Gasteiger partial charge in [-0.3, -0.25) is 9.35 Å². The standard InChI is InChI=1S/C26H34N6O5S.ClH/c1-29(2)26(34)32(38(35,36)37)22-7-5-21(6-8-22)30-13-15-31(16-14-30)25(33)10-4-19-3-9-24-23(17-19)20(11-12-27)18-28-24;/h3,5-9,17-18,28H,4,10-16,27H2,1-2H3,(H,35,36,37);1H. The van der Waals surface area contributed by atoms with Gasteiger partial charge in [0, 0.05) is 69.5 Å². The van der Waals surface area contributed by atoms with Crippen molar-refractivity contribution in [2.45, 2.75) is 19.3 Å². The zero-order valence-corrected chi connectivity index (χ0v) is 23.7. The molecule has 1 aliphatic rings. The minimum absolute atomic E-state index is 0. The SMILES string of the molecule is CN(C)C(=O)N(c1ccc(N2CCN(C(=O)CCc3ccc4[nH]cc(CCN)c4c3)CC2)cc1)S(=O)(=O)O.Cl. The van der Waals surface area contributed by atoms with Crippen molar-refractivity contribution >= 4 is 56.9 Å². The van der Waals surface area contributed by atoms with E-state index in [4.69, 9.17) is 5.73 Å². The summed E-state index contributed by atoms with van der Waals surface area (Å²) in [7, 11) is -1.98. The molecule has 1 saturated heterocycles. The fourth-order valence-electron chi connectivity index (χ4n) is 4.69. The molecule has 0 aliphatic carbocycles. The van der Waals surface area contributed by atoms with Gasteiger partial charge < -0.3 is 25.4 Å². The van der Waals surface area contributed by atoms with Crippen molar-refractivity contribution in [1.29, 1.82) is 0 Å². The molecule has 11 nitrogen and oxygen atoms in total. The van der Waals surface area contributed by atoms with Crippen molar-refractivity contribution in [1.82, 2.24) is 14.8 Å². The molecule has 0 radical (unpaired) electrons. The first-order valence-corrected chi connectivity index (χ1v) is 13.9. The fourth-order valence-corrected chi connectivity index (χ4v) is 5.44. The lowest BCUT2D eigenvalue weighted by Crippen LogP contribution is -2.48. The Bertz CT molecular complexity index is 1400. The normalized spacial score (nSPS) is 13.7. The van der Waals surface area contributed by atoms with E-state index in [-0.39, 0.29) is 24.0 Å². The van der Waals surface area contributed by atoms with Crippen LogP contribution in [0.1, 0.15) is 17.5 Å². The molecule has 2 heterocycles. The fraction of sp³-hybridized carbons (Fsp3) is 0.385. The molecule has 1 aliphatic heterocycles. The lowest BCUT2D eigenvalue weighted by atomic mass is 10.0. The van der Waals surface area contributed by atoms with Gasteiger partial charge in [-0.05, 0) is 66.9 Å². The van der Waals surface area contributed by atoms with Crippen LogP contribution in [0, 0.1) is 0 Å². The highest BCUT2D eigenvalue weighted by Gasteiger charge is 2.29. The number of anilines is 2. The Balaban J connectivity index is 0.00000420. The number of rotatable bonds is 8. The average molecular weight is 579 g/mol. The molecule has 39 heavy (non-hydrogen) atoms. The number of halogens is 1. The summed E-state index contributed by atoms with van der Waals surface area (Å²) in [5.74, 6) is 0.113. The number of amides is 3. The largest absolute Gasteiger partial charge is 0.368 e. The van der Waals surface area contributed by atoms with Gasteiger partial charge in [-0.2, -0.15) is 12.7 Å². The number of hydrogen-bond donors (Lipinski definition) is 3. The smallest absolute Gasteiger partial charge is 0.368 e. The summed E-state index contributed by atoms with van der Waals surface area (Å²) in [6.07, 6.45) is 3.90. The molecule has 4 rings (SSSR count). The number of carbonyl (C=O) groups excluding carboxylic acids is 2. The van der Waals surface area contributed by atoms with Crippen LogP contribution in [-0.4, -0.2) is 86.5 Å². The average Bonchev–Trinajstić information content (AvgIpc) is 3.29. The maximum Gasteiger partial charge on any atom is 0.368 e. The minimum atomic E-state index is -4.78. The van der Waals surface area contributed by atoms with E-state index in [1.54, 1.807) is 12.1 Å². The van der Waals surface area contributed by atoms with E-state index in [0.29, 0.717) is 49.9 Å². The number of carbonyl (C=O) groups is 2. The quantitative estimate of drug-likeness (QED) is 0.349. The van der Waals surface area contributed by atoms with Crippen molar-refractivity contribution in [3.05, 3.63) is 59.8 Å². The number of benzene rings is 2. The van der Waals surface area contributed by atoms with Crippen LogP contribution in [-0.2, 0) is 27.9 Å². The van der Waals surface area contributed by atoms with Gasteiger partial charge in [0.2, 0.25) is 5.91 Å². The maximum absolute atomic E-state index is 12.9. The van der Waals surface area contributed by atoms with E-state index >= 15 is 0 Å². The predicted octanol–water partition coefficient (Wildman–Crippen LogP) is 2.66. The third-order valence-electron chi connectivity index (χ3n) is 6.74. The van der Waals surface area contributed by atoms with Crippen LogP contribution in [0.3, 0.4) is 0 Å². The number of hydrogen-bond acceptors (Lipinski definition) is 6. The highest BCUT2D eigenvalue weighted by Crippen LogP contribution is 2.25. The third-order valence-corrected chi connectivity index (χ3v) is 7.57. The molecule has 0 bridgehead atoms. The zero-order valence-electron chi connectivity index (χ0n) is 22.0. The molecule has 212 valence electrons. The first-order chi connectivity index (χ1) is 18.1. The Morgan fingerprint density at radius 2 is 1.69 bits per heavy atom. The van der Waals surface area contributed by atoms with E-state index in [0.717, 1.165) is 33.5 Å². The van der Waals surface area contributed by atoms with Crippen molar-refractivity contribution in [2.75, 3.05) is 56.0 Å². The molecular formula is C26H35ClN6O5S. The Hall–Kier alpha value is -3.32. The Labute approximate surface area is 234 Å².